The fourth-order valence-corrected chi connectivity index (χ4v) is 1.29. The summed E-state index contributed by atoms with van der Waals surface area (Å²) in [5, 5.41) is 0.118. The highest BCUT2D eigenvalue weighted by molar-refractivity contribution is 6.29. The maximum absolute atomic E-state index is 13.0. The van der Waals surface area contributed by atoms with Crippen molar-refractivity contribution in [2.75, 3.05) is 0 Å². The molecule has 1 aromatic heterocycles. The van der Waals surface area contributed by atoms with Crippen LogP contribution in [0.1, 0.15) is 37.9 Å². The summed E-state index contributed by atoms with van der Waals surface area (Å²) in [6.07, 6.45) is 0. The summed E-state index contributed by atoms with van der Waals surface area (Å²) in [7, 11) is 0. The van der Waals surface area contributed by atoms with Gasteiger partial charge in [-0.3, -0.25) is 0 Å². The molecule has 0 aliphatic rings. The molecule has 0 spiro atoms. The summed E-state index contributed by atoms with van der Waals surface area (Å²) in [6, 6.07) is 3.01. The lowest BCUT2D eigenvalue weighted by molar-refractivity contribution is 0.0127. The maximum atomic E-state index is 13.0. The highest BCUT2D eigenvalue weighted by Gasteiger charge is 2.27. The highest BCUT2D eigenvalue weighted by atomic mass is 35.5. The first-order chi connectivity index (χ1) is 6.30. The van der Waals surface area contributed by atoms with Crippen LogP contribution in [0.4, 0.5) is 8.78 Å². The van der Waals surface area contributed by atoms with Gasteiger partial charge in [-0.1, -0.05) is 25.4 Å². The molecule has 0 aromatic carbocycles. The van der Waals surface area contributed by atoms with Crippen LogP contribution in [0, 0.1) is 0 Å². The van der Waals surface area contributed by atoms with Gasteiger partial charge in [-0.15, -0.1) is 0 Å². The lowest BCUT2D eigenvalue weighted by Crippen LogP contribution is -2.10. The Bertz CT molecular complexity index is 331. The number of alkyl halides is 2. The van der Waals surface area contributed by atoms with Crippen LogP contribution in [0.5, 0.6) is 0 Å². The zero-order chi connectivity index (χ0) is 10.9. The van der Waals surface area contributed by atoms with Crippen LogP contribution in [0.15, 0.2) is 12.1 Å². The molecule has 0 aliphatic heterocycles. The lowest BCUT2D eigenvalue weighted by Gasteiger charge is -2.13. The number of aromatic nitrogens is 1. The van der Waals surface area contributed by atoms with E-state index < -0.39 is 5.92 Å². The first-order valence-corrected chi connectivity index (χ1v) is 4.74. The maximum Gasteiger partial charge on any atom is 0.287 e. The molecule has 0 fully saturated rings. The summed E-state index contributed by atoms with van der Waals surface area (Å²) >= 11 is 5.66. The van der Waals surface area contributed by atoms with Crippen molar-refractivity contribution in [2.45, 2.75) is 32.6 Å². The molecule has 4 heteroatoms. The molecule has 0 radical (unpaired) electrons. The van der Waals surface area contributed by atoms with Gasteiger partial charge < -0.3 is 0 Å². The molecule has 0 saturated heterocycles. The summed E-state index contributed by atoms with van der Waals surface area (Å²) in [6.45, 7) is 4.66. The van der Waals surface area contributed by atoms with Crippen molar-refractivity contribution in [3.63, 3.8) is 0 Å². The highest BCUT2D eigenvalue weighted by Crippen LogP contribution is 2.29. The van der Waals surface area contributed by atoms with Gasteiger partial charge >= 0.3 is 0 Å². The van der Waals surface area contributed by atoms with Crippen molar-refractivity contribution >= 4 is 11.6 Å². The Morgan fingerprint density at radius 2 is 1.93 bits per heavy atom. The van der Waals surface area contributed by atoms with Gasteiger partial charge in [-0.05, 0) is 23.6 Å². The van der Waals surface area contributed by atoms with Crippen LogP contribution in [-0.2, 0) is 5.92 Å². The van der Waals surface area contributed by atoms with Crippen LogP contribution in [-0.4, -0.2) is 4.98 Å². The van der Waals surface area contributed by atoms with Gasteiger partial charge in [0.15, 0.2) is 0 Å². The van der Waals surface area contributed by atoms with Crippen molar-refractivity contribution in [3.8, 4) is 0 Å². The Morgan fingerprint density at radius 3 is 2.36 bits per heavy atom. The van der Waals surface area contributed by atoms with E-state index in [1.807, 2.05) is 13.8 Å². The second-order valence-electron chi connectivity index (χ2n) is 3.65. The molecule has 78 valence electrons. The third kappa shape index (κ3) is 2.64. The fraction of sp³-hybridized carbons (Fsp3) is 0.500. The molecule has 0 atom stereocenters. The Morgan fingerprint density at radius 1 is 1.36 bits per heavy atom. The number of rotatable bonds is 2. The SMILES string of the molecule is CC(C)c1cc(Cl)nc(C(C)(F)F)c1. The second-order valence-corrected chi connectivity index (χ2v) is 4.04. The van der Waals surface area contributed by atoms with E-state index in [2.05, 4.69) is 4.98 Å². The monoisotopic (exact) mass is 219 g/mol. The number of halogens is 3. The number of pyridine rings is 1. The molecule has 0 amide bonds. The summed E-state index contributed by atoms with van der Waals surface area (Å²) in [5.41, 5.74) is 0.509. The predicted octanol–water partition coefficient (Wildman–Crippen LogP) is 3.97. The molecule has 1 heterocycles. The van der Waals surface area contributed by atoms with E-state index in [-0.39, 0.29) is 16.8 Å². The largest absolute Gasteiger partial charge is 0.287 e. The molecular weight excluding hydrogens is 208 g/mol. The molecular formula is C10H12ClF2N. The van der Waals surface area contributed by atoms with E-state index in [0.717, 1.165) is 12.5 Å². The zero-order valence-electron chi connectivity index (χ0n) is 8.31. The molecule has 0 bridgehead atoms. The Labute approximate surface area is 87.1 Å². The van der Waals surface area contributed by atoms with Crippen molar-refractivity contribution in [3.05, 3.63) is 28.5 Å². The summed E-state index contributed by atoms with van der Waals surface area (Å²) in [5.74, 6) is -2.77. The van der Waals surface area contributed by atoms with Crippen LogP contribution in [0.25, 0.3) is 0 Å². The van der Waals surface area contributed by atoms with Gasteiger partial charge in [0.05, 0.1) is 0 Å². The average molecular weight is 220 g/mol. The number of hydrogen-bond acceptors (Lipinski definition) is 1. The third-order valence-electron chi connectivity index (χ3n) is 1.93. The van der Waals surface area contributed by atoms with E-state index in [9.17, 15) is 8.78 Å². The van der Waals surface area contributed by atoms with Crippen molar-refractivity contribution < 1.29 is 8.78 Å². The van der Waals surface area contributed by atoms with E-state index in [1.54, 1.807) is 6.07 Å². The predicted molar refractivity (Wildman–Crippen MR) is 52.9 cm³/mol. The normalized spacial score (nSPS) is 12.2. The van der Waals surface area contributed by atoms with Crippen molar-refractivity contribution in [2.24, 2.45) is 0 Å². The Hall–Kier alpha value is -0.700. The molecule has 0 aliphatic carbocycles. The summed E-state index contributed by atoms with van der Waals surface area (Å²) < 4.78 is 25.9. The van der Waals surface area contributed by atoms with Crippen LogP contribution >= 0.6 is 11.6 Å². The zero-order valence-corrected chi connectivity index (χ0v) is 9.07. The van der Waals surface area contributed by atoms with E-state index in [1.165, 1.54) is 6.07 Å². The van der Waals surface area contributed by atoms with Crippen molar-refractivity contribution in [1.82, 2.24) is 4.98 Å². The van der Waals surface area contributed by atoms with E-state index >= 15 is 0 Å². The topological polar surface area (TPSA) is 12.9 Å². The van der Waals surface area contributed by atoms with Gasteiger partial charge in [0.25, 0.3) is 5.92 Å². The van der Waals surface area contributed by atoms with Crippen LogP contribution in [0.3, 0.4) is 0 Å². The van der Waals surface area contributed by atoms with Gasteiger partial charge in [-0.25, -0.2) is 4.98 Å². The van der Waals surface area contributed by atoms with E-state index in [0.29, 0.717) is 0 Å². The van der Waals surface area contributed by atoms with Gasteiger partial charge in [0.2, 0.25) is 0 Å². The van der Waals surface area contributed by atoms with Crippen LogP contribution < -0.4 is 0 Å². The minimum atomic E-state index is -2.94. The number of hydrogen-bond donors (Lipinski definition) is 0. The fourth-order valence-electron chi connectivity index (χ4n) is 1.07. The van der Waals surface area contributed by atoms with Gasteiger partial charge in [0, 0.05) is 6.92 Å². The average Bonchev–Trinajstić information content (AvgIpc) is 2.01. The Balaban J connectivity index is 3.21. The second kappa shape index (κ2) is 3.81. The van der Waals surface area contributed by atoms with Crippen molar-refractivity contribution in [1.29, 1.82) is 0 Å². The minimum absolute atomic E-state index is 0.118. The molecule has 0 unspecified atom stereocenters. The standard InChI is InChI=1S/C10H12ClF2N/c1-6(2)7-4-8(10(3,12)13)14-9(11)5-7/h4-6H,1-3H3. The van der Waals surface area contributed by atoms with Gasteiger partial charge in [0.1, 0.15) is 10.8 Å². The first-order valence-electron chi connectivity index (χ1n) is 4.36. The smallest absolute Gasteiger partial charge is 0.235 e. The molecule has 14 heavy (non-hydrogen) atoms. The minimum Gasteiger partial charge on any atom is -0.235 e. The molecule has 1 rings (SSSR count). The third-order valence-corrected chi connectivity index (χ3v) is 2.13. The number of nitrogens with zero attached hydrogens (tertiary/aromatic N) is 1. The molecule has 1 nitrogen and oxygen atoms in total. The van der Waals surface area contributed by atoms with E-state index in [4.69, 9.17) is 11.6 Å². The molecule has 0 saturated carbocycles. The van der Waals surface area contributed by atoms with Crippen LogP contribution in [0.2, 0.25) is 5.15 Å². The summed E-state index contributed by atoms with van der Waals surface area (Å²) in [4.78, 5) is 3.60. The quantitative estimate of drug-likeness (QED) is 0.686. The molecule has 1 aromatic rings. The van der Waals surface area contributed by atoms with Gasteiger partial charge in [-0.2, -0.15) is 8.78 Å². The molecule has 0 N–H and O–H groups in total. The lowest BCUT2D eigenvalue weighted by atomic mass is 10.0. The first kappa shape index (κ1) is 11.4. The Kier molecular flexibility index (Phi) is 3.10.